The van der Waals surface area contributed by atoms with Crippen LogP contribution >= 0.6 is 0 Å². The fourth-order valence-electron chi connectivity index (χ4n) is 2.60. The van der Waals surface area contributed by atoms with Crippen molar-refractivity contribution in [1.29, 1.82) is 0 Å². The van der Waals surface area contributed by atoms with Gasteiger partial charge in [-0.3, -0.25) is 0 Å². The van der Waals surface area contributed by atoms with Crippen LogP contribution in [0.15, 0.2) is 24.3 Å². The fraction of sp³-hybridized carbons (Fsp3) is 0.571. The number of nitrogens with one attached hydrogen (secondary N) is 2. The lowest BCUT2D eigenvalue weighted by Crippen LogP contribution is -2.33. The van der Waals surface area contributed by atoms with E-state index >= 15 is 0 Å². The van der Waals surface area contributed by atoms with Gasteiger partial charge in [-0.1, -0.05) is 18.6 Å². The quantitative estimate of drug-likeness (QED) is 0.839. The van der Waals surface area contributed by atoms with Crippen LogP contribution in [0.3, 0.4) is 0 Å². The summed E-state index contributed by atoms with van der Waals surface area (Å²) in [6.45, 7) is 0.874. The van der Waals surface area contributed by atoms with Crippen molar-refractivity contribution in [3.63, 3.8) is 0 Å². The topological polar surface area (TPSA) is 24.1 Å². The number of para-hydroxylation sites is 1. The molecule has 1 aromatic rings. The summed E-state index contributed by atoms with van der Waals surface area (Å²) >= 11 is 0. The van der Waals surface area contributed by atoms with Gasteiger partial charge in [-0.25, -0.2) is 4.39 Å². The molecule has 17 heavy (non-hydrogen) atoms. The first-order valence-corrected chi connectivity index (χ1v) is 6.45. The first-order chi connectivity index (χ1) is 8.29. The van der Waals surface area contributed by atoms with Crippen LogP contribution in [0.4, 0.5) is 10.1 Å². The average molecular weight is 236 g/mol. The van der Waals surface area contributed by atoms with Gasteiger partial charge >= 0.3 is 0 Å². The summed E-state index contributed by atoms with van der Waals surface area (Å²) in [5.74, 6) is 0.495. The van der Waals surface area contributed by atoms with Gasteiger partial charge in [0.15, 0.2) is 0 Å². The Hall–Kier alpha value is -1.09. The minimum atomic E-state index is -0.159. The third kappa shape index (κ3) is 3.43. The van der Waals surface area contributed by atoms with E-state index in [1.165, 1.54) is 31.7 Å². The average Bonchev–Trinajstić information content (AvgIpc) is 2.38. The van der Waals surface area contributed by atoms with Gasteiger partial charge in [-0.15, -0.1) is 0 Å². The monoisotopic (exact) mass is 236 g/mol. The molecule has 0 spiro atoms. The molecule has 0 saturated heterocycles. The smallest absolute Gasteiger partial charge is 0.146 e. The van der Waals surface area contributed by atoms with Gasteiger partial charge in [0.25, 0.3) is 0 Å². The Morgan fingerprint density at radius 3 is 2.88 bits per heavy atom. The van der Waals surface area contributed by atoms with E-state index in [4.69, 9.17) is 0 Å². The van der Waals surface area contributed by atoms with Crippen molar-refractivity contribution < 1.29 is 4.39 Å². The van der Waals surface area contributed by atoms with E-state index in [0.29, 0.717) is 17.6 Å². The van der Waals surface area contributed by atoms with Crippen molar-refractivity contribution in [3.8, 4) is 0 Å². The number of hydrogen-bond acceptors (Lipinski definition) is 2. The molecular formula is C14H21FN2. The molecule has 0 aliphatic heterocycles. The number of halogens is 1. The zero-order chi connectivity index (χ0) is 12.1. The molecule has 3 heteroatoms. The molecule has 2 N–H and O–H groups in total. The number of anilines is 1. The maximum absolute atomic E-state index is 13.4. The maximum atomic E-state index is 13.4. The second-order valence-electron chi connectivity index (χ2n) is 4.88. The van der Waals surface area contributed by atoms with Crippen LogP contribution < -0.4 is 10.6 Å². The van der Waals surface area contributed by atoms with E-state index in [0.717, 1.165) is 6.54 Å². The summed E-state index contributed by atoms with van der Waals surface area (Å²) in [6.07, 6.45) is 4.99. The molecule has 1 fully saturated rings. The lowest BCUT2D eigenvalue weighted by atomic mass is 9.85. The number of hydrogen-bond donors (Lipinski definition) is 2. The van der Waals surface area contributed by atoms with Crippen LogP contribution in [0, 0.1) is 11.7 Å². The molecule has 0 amide bonds. The van der Waals surface area contributed by atoms with Crippen molar-refractivity contribution in [1.82, 2.24) is 5.32 Å². The molecule has 2 unspecified atom stereocenters. The highest BCUT2D eigenvalue weighted by atomic mass is 19.1. The molecule has 2 nitrogen and oxygen atoms in total. The minimum absolute atomic E-state index is 0.159. The van der Waals surface area contributed by atoms with E-state index in [9.17, 15) is 4.39 Å². The minimum Gasteiger partial charge on any atom is -0.382 e. The van der Waals surface area contributed by atoms with E-state index in [1.807, 2.05) is 13.1 Å². The molecule has 2 atom stereocenters. The highest BCUT2D eigenvalue weighted by Crippen LogP contribution is 2.25. The van der Waals surface area contributed by atoms with Gasteiger partial charge in [0.2, 0.25) is 0 Å². The third-order valence-corrected chi connectivity index (χ3v) is 3.65. The third-order valence-electron chi connectivity index (χ3n) is 3.65. The number of benzene rings is 1. The van der Waals surface area contributed by atoms with Crippen LogP contribution in [-0.2, 0) is 0 Å². The molecule has 0 radical (unpaired) electrons. The standard InChI is InChI=1S/C14H21FN2/c1-16-12-6-4-5-11(9-12)10-17-14-8-3-2-7-13(14)15/h2-3,7-8,11-12,16-17H,4-6,9-10H2,1H3. The predicted octanol–water partition coefficient (Wildman–Crippen LogP) is 3.02. The Morgan fingerprint density at radius 1 is 1.29 bits per heavy atom. The van der Waals surface area contributed by atoms with Crippen LogP contribution in [0.1, 0.15) is 25.7 Å². The fourth-order valence-corrected chi connectivity index (χ4v) is 2.60. The van der Waals surface area contributed by atoms with Crippen molar-refractivity contribution in [2.24, 2.45) is 5.92 Å². The van der Waals surface area contributed by atoms with Crippen molar-refractivity contribution in [2.45, 2.75) is 31.7 Å². The zero-order valence-corrected chi connectivity index (χ0v) is 10.4. The second kappa shape index (κ2) is 6.01. The first-order valence-electron chi connectivity index (χ1n) is 6.45. The summed E-state index contributed by atoms with van der Waals surface area (Å²) in [6, 6.07) is 7.52. The van der Waals surface area contributed by atoms with Crippen LogP contribution in [0.25, 0.3) is 0 Å². The van der Waals surface area contributed by atoms with Gasteiger partial charge in [0.05, 0.1) is 5.69 Å². The summed E-state index contributed by atoms with van der Waals surface area (Å²) in [4.78, 5) is 0. The van der Waals surface area contributed by atoms with Gasteiger partial charge < -0.3 is 10.6 Å². The molecule has 0 aromatic heterocycles. The predicted molar refractivity (Wildman–Crippen MR) is 69.7 cm³/mol. The molecule has 1 aromatic carbocycles. The van der Waals surface area contributed by atoms with Gasteiger partial charge in [-0.2, -0.15) is 0 Å². The normalized spacial score (nSPS) is 24.6. The number of rotatable bonds is 4. The first kappa shape index (κ1) is 12.4. The van der Waals surface area contributed by atoms with Crippen molar-refractivity contribution in [3.05, 3.63) is 30.1 Å². The summed E-state index contributed by atoms with van der Waals surface area (Å²) < 4.78 is 13.4. The molecule has 0 heterocycles. The Bertz CT molecular complexity index is 354. The highest BCUT2D eigenvalue weighted by molar-refractivity contribution is 5.44. The molecule has 94 valence electrons. The summed E-state index contributed by atoms with van der Waals surface area (Å²) in [5.41, 5.74) is 0.624. The zero-order valence-electron chi connectivity index (χ0n) is 10.4. The summed E-state index contributed by atoms with van der Waals surface area (Å²) in [5, 5.41) is 6.57. The Labute approximate surface area is 103 Å². The Balaban J connectivity index is 1.84. The lowest BCUT2D eigenvalue weighted by Gasteiger charge is -2.29. The largest absolute Gasteiger partial charge is 0.382 e. The van der Waals surface area contributed by atoms with E-state index in [2.05, 4.69) is 10.6 Å². The van der Waals surface area contributed by atoms with Crippen LogP contribution in [0.5, 0.6) is 0 Å². The summed E-state index contributed by atoms with van der Waals surface area (Å²) in [7, 11) is 2.03. The van der Waals surface area contributed by atoms with Crippen LogP contribution in [0.2, 0.25) is 0 Å². The maximum Gasteiger partial charge on any atom is 0.146 e. The van der Waals surface area contributed by atoms with E-state index in [-0.39, 0.29) is 5.82 Å². The molecular weight excluding hydrogens is 215 g/mol. The highest BCUT2D eigenvalue weighted by Gasteiger charge is 2.20. The second-order valence-corrected chi connectivity index (χ2v) is 4.88. The van der Waals surface area contributed by atoms with Gasteiger partial charge in [0, 0.05) is 12.6 Å². The van der Waals surface area contributed by atoms with Crippen molar-refractivity contribution >= 4 is 5.69 Å². The Kier molecular flexibility index (Phi) is 4.37. The molecule has 2 rings (SSSR count). The SMILES string of the molecule is CNC1CCCC(CNc2ccccc2F)C1. The van der Waals surface area contributed by atoms with Gasteiger partial charge in [0.1, 0.15) is 5.82 Å². The van der Waals surface area contributed by atoms with Gasteiger partial charge in [-0.05, 0) is 44.4 Å². The van der Waals surface area contributed by atoms with E-state index in [1.54, 1.807) is 12.1 Å². The molecule has 1 aliphatic carbocycles. The van der Waals surface area contributed by atoms with Crippen molar-refractivity contribution in [2.75, 3.05) is 18.9 Å². The lowest BCUT2D eigenvalue weighted by molar-refractivity contribution is 0.306. The molecule has 1 saturated carbocycles. The molecule has 0 bridgehead atoms. The van der Waals surface area contributed by atoms with Crippen LogP contribution in [-0.4, -0.2) is 19.6 Å². The van der Waals surface area contributed by atoms with E-state index < -0.39 is 0 Å². The Morgan fingerprint density at radius 2 is 2.12 bits per heavy atom. The molecule has 1 aliphatic rings.